The lowest BCUT2D eigenvalue weighted by Gasteiger charge is -2.30. The molecule has 2 aliphatic carbocycles. The third-order valence-electron chi connectivity index (χ3n) is 13.5. The van der Waals surface area contributed by atoms with Gasteiger partial charge in [0.25, 0.3) is 0 Å². The first-order chi connectivity index (χ1) is 31.2. The maximum absolute atomic E-state index is 6.42. The number of fused-ring (bicyclic) bond motifs is 16. The summed E-state index contributed by atoms with van der Waals surface area (Å²) in [5, 5.41) is 4.52. The van der Waals surface area contributed by atoms with Crippen LogP contribution in [0.5, 0.6) is 0 Å². The molecule has 14 rings (SSSR count). The van der Waals surface area contributed by atoms with Gasteiger partial charge in [0.2, 0.25) is 5.95 Å². The predicted octanol–water partition coefficient (Wildman–Crippen LogP) is 14.2. The normalized spacial score (nSPS) is 13.2. The van der Waals surface area contributed by atoms with E-state index in [2.05, 4.69) is 180 Å². The van der Waals surface area contributed by atoms with E-state index in [0.717, 1.165) is 66.0 Å². The van der Waals surface area contributed by atoms with Crippen molar-refractivity contribution in [3.05, 3.63) is 229 Å². The number of aromatic nitrogens is 4. The highest BCUT2D eigenvalue weighted by Crippen LogP contribution is 2.63. The summed E-state index contributed by atoms with van der Waals surface area (Å²) in [6.45, 7) is 0. The van der Waals surface area contributed by atoms with Crippen molar-refractivity contribution in [1.82, 2.24) is 19.5 Å². The zero-order valence-electron chi connectivity index (χ0n) is 33.8. The van der Waals surface area contributed by atoms with Gasteiger partial charge in [0, 0.05) is 38.2 Å². The highest BCUT2D eigenvalue weighted by Gasteiger charge is 2.51. The van der Waals surface area contributed by atoms with E-state index in [1.54, 1.807) is 0 Å². The van der Waals surface area contributed by atoms with Crippen LogP contribution in [0, 0.1) is 0 Å². The topological polar surface area (TPSA) is 56.7 Å². The zero-order chi connectivity index (χ0) is 41.2. The van der Waals surface area contributed by atoms with Gasteiger partial charge in [-0.2, -0.15) is 9.97 Å². The number of para-hydroxylation sites is 3. The zero-order valence-corrected chi connectivity index (χ0v) is 33.8. The molecule has 12 aromatic rings. The van der Waals surface area contributed by atoms with E-state index >= 15 is 0 Å². The highest BCUT2D eigenvalue weighted by molar-refractivity contribution is 6.13. The molecular weight excluding hydrogens is 769 g/mol. The fourth-order valence-electron chi connectivity index (χ4n) is 10.9. The first kappa shape index (κ1) is 34.3. The van der Waals surface area contributed by atoms with E-state index in [1.165, 1.54) is 44.5 Å². The second-order valence-corrected chi connectivity index (χ2v) is 16.7. The average molecular weight is 803 g/mol. The lowest BCUT2D eigenvalue weighted by molar-refractivity contribution is 0.670. The molecule has 0 fully saturated rings. The van der Waals surface area contributed by atoms with Crippen LogP contribution in [0.2, 0.25) is 0 Å². The van der Waals surface area contributed by atoms with Gasteiger partial charge in [-0.25, -0.2) is 4.98 Å². The molecule has 0 aliphatic heterocycles. The van der Waals surface area contributed by atoms with Gasteiger partial charge in [-0.15, -0.1) is 0 Å². The standard InChI is InChI=1S/C58H34N4O/c1-2-15-36(16-3-1)55-59-56(37-31-29-35(30-32-37)38-22-14-23-44-43-21-8-13-28-53(43)63-54(38)44)61-57(60-55)62-51-27-12-7-20-42(51)46-33-45-41-19-6-11-26-49(41)58(50(45)34-52(46)62)47-24-9-4-17-39(47)40-18-5-10-25-48(40)58/h1-34H. The maximum atomic E-state index is 6.42. The number of nitrogens with zero attached hydrogens (tertiary/aromatic N) is 4. The van der Waals surface area contributed by atoms with Gasteiger partial charge >= 0.3 is 0 Å². The van der Waals surface area contributed by atoms with Crippen LogP contribution in [0.3, 0.4) is 0 Å². The molecule has 0 N–H and O–H groups in total. The summed E-state index contributed by atoms with van der Waals surface area (Å²) in [6.07, 6.45) is 0. The van der Waals surface area contributed by atoms with Crippen LogP contribution in [0.15, 0.2) is 211 Å². The Labute approximate surface area is 362 Å². The molecule has 5 nitrogen and oxygen atoms in total. The molecule has 0 unspecified atom stereocenters. The monoisotopic (exact) mass is 802 g/mol. The van der Waals surface area contributed by atoms with E-state index in [9.17, 15) is 0 Å². The summed E-state index contributed by atoms with van der Waals surface area (Å²) in [6, 6.07) is 73.7. The Bertz CT molecular complexity index is 3810. The Balaban J connectivity index is 1.00. The molecule has 5 heteroatoms. The van der Waals surface area contributed by atoms with Crippen LogP contribution in [0.4, 0.5) is 0 Å². The van der Waals surface area contributed by atoms with Gasteiger partial charge in [0.05, 0.1) is 16.4 Å². The van der Waals surface area contributed by atoms with Crippen molar-refractivity contribution < 1.29 is 4.42 Å². The molecule has 3 aromatic heterocycles. The number of rotatable bonds is 4. The van der Waals surface area contributed by atoms with E-state index in [-0.39, 0.29) is 0 Å². The fourth-order valence-corrected chi connectivity index (χ4v) is 10.9. The van der Waals surface area contributed by atoms with E-state index in [0.29, 0.717) is 17.6 Å². The molecule has 0 bridgehead atoms. The van der Waals surface area contributed by atoms with Gasteiger partial charge in [-0.1, -0.05) is 182 Å². The summed E-state index contributed by atoms with van der Waals surface area (Å²) in [4.78, 5) is 15.8. The van der Waals surface area contributed by atoms with Crippen LogP contribution in [0.1, 0.15) is 22.3 Å². The number of hydrogen-bond acceptors (Lipinski definition) is 4. The molecule has 63 heavy (non-hydrogen) atoms. The highest BCUT2D eigenvalue weighted by atomic mass is 16.3. The molecule has 0 saturated carbocycles. The Kier molecular flexibility index (Phi) is 6.97. The van der Waals surface area contributed by atoms with Crippen LogP contribution in [0.25, 0.3) is 106 Å². The van der Waals surface area contributed by atoms with Crippen LogP contribution in [-0.2, 0) is 5.41 Å². The summed E-state index contributed by atoms with van der Waals surface area (Å²) in [5.41, 5.74) is 17.6. The molecule has 0 amide bonds. The second-order valence-electron chi connectivity index (χ2n) is 16.7. The Hall–Kier alpha value is -8.41. The van der Waals surface area contributed by atoms with Crippen molar-refractivity contribution in [2.24, 2.45) is 0 Å². The minimum Gasteiger partial charge on any atom is -0.455 e. The summed E-state index contributed by atoms with van der Waals surface area (Å²) in [7, 11) is 0. The second kappa shape index (κ2) is 12.8. The van der Waals surface area contributed by atoms with Gasteiger partial charge < -0.3 is 4.42 Å². The lowest BCUT2D eigenvalue weighted by atomic mass is 9.70. The van der Waals surface area contributed by atoms with Crippen molar-refractivity contribution in [3.8, 4) is 62.1 Å². The SMILES string of the molecule is c1ccc(-c2nc(-c3ccc(-c4cccc5c4oc4ccccc45)cc3)nc(-n3c4ccccc4c4cc5c(cc43)C3(c4ccccc4-c4ccccc43)c3ccccc3-5)n2)cc1. The largest absolute Gasteiger partial charge is 0.455 e. The molecule has 3 heterocycles. The van der Waals surface area contributed by atoms with Gasteiger partial charge in [0.15, 0.2) is 11.6 Å². The molecule has 292 valence electrons. The Morgan fingerprint density at radius 2 is 0.889 bits per heavy atom. The van der Waals surface area contributed by atoms with Crippen molar-refractivity contribution in [2.75, 3.05) is 0 Å². The number of benzene rings is 9. The minimum absolute atomic E-state index is 0.484. The van der Waals surface area contributed by atoms with Crippen LogP contribution < -0.4 is 0 Å². The first-order valence-electron chi connectivity index (χ1n) is 21.4. The van der Waals surface area contributed by atoms with E-state index in [1.807, 2.05) is 30.3 Å². The lowest BCUT2D eigenvalue weighted by Crippen LogP contribution is -2.25. The van der Waals surface area contributed by atoms with Gasteiger partial charge in [-0.3, -0.25) is 4.57 Å². The molecular formula is C58H34N4O. The number of hydrogen-bond donors (Lipinski definition) is 0. The number of furan rings is 1. The minimum atomic E-state index is -0.484. The quantitative estimate of drug-likeness (QED) is 0.178. The maximum Gasteiger partial charge on any atom is 0.238 e. The summed E-state index contributed by atoms with van der Waals surface area (Å²) >= 11 is 0. The average Bonchev–Trinajstić information content (AvgIpc) is 4.07. The molecule has 0 saturated heterocycles. The van der Waals surface area contributed by atoms with Gasteiger partial charge in [-0.05, 0) is 74.3 Å². The fraction of sp³-hybridized carbons (Fsp3) is 0.0172. The van der Waals surface area contributed by atoms with Crippen molar-refractivity contribution in [2.45, 2.75) is 5.41 Å². The predicted molar refractivity (Wildman–Crippen MR) is 254 cm³/mol. The Morgan fingerprint density at radius 1 is 0.349 bits per heavy atom. The Morgan fingerprint density at radius 3 is 1.60 bits per heavy atom. The first-order valence-corrected chi connectivity index (χ1v) is 21.4. The van der Waals surface area contributed by atoms with Crippen molar-refractivity contribution >= 4 is 43.7 Å². The third kappa shape index (κ3) is 4.68. The van der Waals surface area contributed by atoms with Gasteiger partial charge in [0.1, 0.15) is 11.2 Å². The van der Waals surface area contributed by atoms with Crippen molar-refractivity contribution in [3.63, 3.8) is 0 Å². The molecule has 0 atom stereocenters. The van der Waals surface area contributed by atoms with Crippen LogP contribution >= 0.6 is 0 Å². The molecule has 1 spiro atoms. The third-order valence-corrected chi connectivity index (χ3v) is 13.5. The smallest absolute Gasteiger partial charge is 0.238 e. The summed E-state index contributed by atoms with van der Waals surface area (Å²) in [5.74, 6) is 1.78. The molecule has 2 aliphatic rings. The van der Waals surface area contributed by atoms with E-state index in [4.69, 9.17) is 19.4 Å². The van der Waals surface area contributed by atoms with E-state index < -0.39 is 5.41 Å². The summed E-state index contributed by atoms with van der Waals surface area (Å²) < 4.78 is 8.67. The van der Waals surface area contributed by atoms with Crippen molar-refractivity contribution in [1.29, 1.82) is 0 Å². The van der Waals surface area contributed by atoms with Crippen LogP contribution in [-0.4, -0.2) is 19.5 Å². The molecule has 9 aromatic carbocycles. The molecule has 0 radical (unpaired) electrons.